The van der Waals surface area contributed by atoms with Crippen LogP contribution in [-0.2, 0) is 21.1 Å². The highest BCUT2D eigenvalue weighted by atomic mass is 79.9. The van der Waals surface area contributed by atoms with Crippen LogP contribution in [-0.4, -0.2) is 8.42 Å². The van der Waals surface area contributed by atoms with Crippen molar-refractivity contribution in [1.29, 1.82) is 0 Å². The smallest absolute Gasteiger partial charge is 0.253 e. The number of benzene rings is 1. The molecule has 0 aliphatic rings. The third-order valence-electron chi connectivity index (χ3n) is 1.41. The summed E-state index contributed by atoms with van der Waals surface area (Å²) in [6.45, 7) is -0.413. The fourth-order valence-corrected chi connectivity index (χ4v) is 1.50. The van der Waals surface area contributed by atoms with Crippen LogP contribution in [0, 0.1) is 5.82 Å². The first-order valence-corrected chi connectivity index (χ1v) is 5.76. The van der Waals surface area contributed by atoms with Gasteiger partial charge < -0.3 is 0 Å². The summed E-state index contributed by atoms with van der Waals surface area (Å²) in [6.07, 6.45) is 0. The summed E-state index contributed by atoms with van der Waals surface area (Å²) >= 11 is 2.96. The van der Waals surface area contributed by atoms with E-state index in [1.54, 1.807) is 6.07 Å². The van der Waals surface area contributed by atoms with Crippen molar-refractivity contribution in [2.45, 2.75) is 6.61 Å². The lowest BCUT2D eigenvalue weighted by atomic mass is 10.2. The Labute approximate surface area is 89.3 Å². The van der Waals surface area contributed by atoms with Gasteiger partial charge in [-0.15, -0.1) is 0 Å². The van der Waals surface area contributed by atoms with E-state index < -0.39 is 22.7 Å². The molecule has 14 heavy (non-hydrogen) atoms. The maximum Gasteiger partial charge on any atom is 0.333 e. The molecule has 78 valence electrons. The average Bonchev–Trinajstić information content (AvgIpc) is 2.06. The van der Waals surface area contributed by atoms with E-state index in [9.17, 15) is 12.8 Å². The van der Waals surface area contributed by atoms with E-state index >= 15 is 0 Å². The monoisotopic (exact) mass is 283 g/mol. The minimum Gasteiger partial charge on any atom is -0.253 e. The highest BCUT2D eigenvalue weighted by Crippen LogP contribution is 2.19. The standard InChI is InChI=1S/C7H7BrFNO3S/c8-6-3-1-2-5(7(6)9)4-13-14(10,11)12/h1-3H,4H2,(H2,10,11,12). The number of hydrogen-bond donors (Lipinski definition) is 1. The fourth-order valence-electron chi connectivity index (χ4n) is 0.806. The van der Waals surface area contributed by atoms with Crippen LogP contribution in [0.3, 0.4) is 0 Å². The Balaban J connectivity index is 2.83. The molecule has 1 aromatic carbocycles. The van der Waals surface area contributed by atoms with Crippen LogP contribution in [0.1, 0.15) is 5.56 Å². The van der Waals surface area contributed by atoms with Crippen LogP contribution >= 0.6 is 15.9 Å². The van der Waals surface area contributed by atoms with Crippen molar-refractivity contribution in [2.24, 2.45) is 5.14 Å². The van der Waals surface area contributed by atoms with Crippen molar-refractivity contribution >= 4 is 26.2 Å². The first-order valence-electron chi connectivity index (χ1n) is 3.50. The van der Waals surface area contributed by atoms with E-state index in [2.05, 4.69) is 25.3 Å². The lowest BCUT2D eigenvalue weighted by molar-refractivity contribution is 0.302. The lowest BCUT2D eigenvalue weighted by Crippen LogP contribution is -2.15. The number of nitrogens with two attached hydrogens (primary N) is 1. The zero-order valence-corrected chi connectivity index (χ0v) is 9.31. The normalized spacial score (nSPS) is 11.6. The SMILES string of the molecule is NS(=O)(=O)OCc1cccc(Br)c1F. The predicted octanol–water partition coefficient (Wildman–Crippen LogP) is 1.31. The molecule has 0 amide bonds. The topological polar surface area (TPSA) is 69.4 Å². The summed E-state index contributed by atoms with van der Waals surface area (Å²) < 4.78 is 38.5. The predicted molar refractivity (Wildman–Crippen MR) is 52.0 cm³/mol. The summed E-state index contributed by atoms with van der Waals surface area (Å²) in [5.74, 6) is -0.559. The minimum absolute atomic E-state index is 0.119. The Morgan fingerprint density at radius 2 is 2.14 bits per heavy atom. The molecule has 0 bridgehead atoms. The van der Waals surface area contributed by atoms with Crippen molar-refractivity contribution in [3.05, 3.63) is 34.1 Å². The molecule has 4 nitrogen and oxygen atoms in total. The van der Waals surface area contributed by atoms with Crippen LogP contribution < -0.4 is 5.14 Å². The summed E-state index contributed by atoms with van der Waals surface area (Å²) in [4.78, 5) is 0. The van der Waals surface area contributed by atoms with E-state index in [1.165, 1.54) is 12.1 Å². The molecule has 0 spiro atoms. The summed E-state index contributed by atoms with van der Waals surface area (Å²) in [6, 6.07) is 4.47. The first kappa shape index (κ1) is 11.6. The number of hydrogen-bond acceptors (Lipinski definition) is 3. The molecule has 0 atom stereocenters. The van der Waals surface area contributed by atoms with Crippen molar-refractivity contribution in [3.63, 3.8) is 0 Å². The third-order valence-corrected chi connectivity index (χ3v) is 2.47. The van der Waals surface area contributed by atoms with Crippen LogP contribution in [0.2, 0.25) is 0 Å². The first-order chi connectivity index (χ1) is 6.40. The summed E-state index contributed by atoms with van der Waals surface area (Å²) in [5, 5.41) is 4.59. The van der Waals surface area contributed by atoms with Gasteiger partial charge in [-0.3, -0.25) is 4.18 Å². The van der Waals surface area contributed by atoms with E-state index in [-0.39, 0.29) is 10.0 Å². The molecular formula is C7H7BrFNO3S. The molecule has 0 unspecified atom stereocenters. The Hall–Kier alpha value is -0.500. The van der Waals surface area contributed by atoms with Gasteiger partial charge in [0.05, 0.1) is 11.1 Å². The van der Waals surface area contributed by atoms with E-state index in [1.807, 2.05) is 0 Å². The molecule has 7 heteroatoms. The second kappa shape index (κ2) is 4.35. The minimum atomic E-state index is -4.03. The van der Waals surface area contributed by atoms with Gasteiger partial charge in [-0.05, 0) is 22.0 Å². The lowest BCUT2D eigenvalue weighted by Gasteiger charge is -2.03. The van der Waals surface area contributed by atoms with Crippen molar-refractivity contribution in [3.8, 4) is 0 Å². The fraction of sp³-hybridized carbons (Fsp3) is 0.143. The maximum atomic E-state index is 13.2. The van der Waals surface area contributed by atoms with Gasteiger partial charge in [0.1, 0.15) is 5.82 Å². The van der Waals surface area contributed by atoms with Gasteiger partial charge >= 0.3 is 10.3 Å². The molecule has 0 aliphatic carbocycles. The third kappa shape index (κ3) is 3.33. The molecule has 0 saturated carbocycles. The van der Waals surface area contributed by atoms with E-state index in [0.29, 0.717) is 0 Å². The molecule has 2 N–H and O–H groups in total. The molecule has 0 aliphatic heterocycles. The molecule has 0 fully saturated rings. The van der Waals surface area contributed by atoms with Gasteiger partial charge in [0.15, 0.2) is 0 Å². The van der Waals surface area contributed by atoms with Crippen molar-refractivity contribution in [2.75, 3.05) is 0 Å². The summed E-state index contributed by atoms with van der Waals surface area (Å²) in [5.41, 5.74) is 0.119. The maximum absolute atomic E-state index is 13.2. The van der Waals surface area contributed by atoms with Gasteiger partial charge in [-0.1, -0.05) is 12.1 Å². The van der Waals surface area contributed by atoms with Crippen molar-refractivity contribution in [1.82, 2.24) is 0 Å². The Kier molecular flexibility index (Phi) is 3.59. The second-order valence-electron chi connectivity index (χ2n) is 2.47. The van der Waals surface area contributed by atoms with E-state index in [0.717, 1.165) is 0 Å². The van der Waals surface area contributed by atoms with Crippen LogP contribution in [0.4, 0.5) is 4.39 Å². The van der Waals surface area contributed by atoms with Crippen LogP contribution in [0.25, 0.3) is 0 Å². The zero-order chi connectivity index (χ0) is 10.8. The van der Waals surface area contributed by atoms with Crippen LogP contribution in [0.15, 0.2) is 22.7 Å². The van der Waals surface area contributed by atoms with E-state index in [4.69, 9.17) is 0 Å². The number of rotatable bonds is 3. The molecule has 0 radical (unpaired) electrons. The summed E-state index contributed by atoms with van der Waals surface area (Å²) in [7, 11) is -4.03. The van der Waals surface area contributed by atoms with Crippen LogP contribution in [0.5, 0.6) is 0 Å². The second-order valence-corrected chi connectivity index (χ2v) is 4.54. The Morgan fingerprint density at radius 1 is 1.50 bits per heavy atom. The van der Waals surface area contributed by atoms with Crippen molar-refractivity contribution < 1.29 is 17.0 Å². The molecule has 0 heterocycles. The molecule has 1 aromatic rings. The Bertz CT molecular complexity index is 435. The van der Waals surface area contributed by atoms with Gasteiger partial charge in [0.25, 0.3) is 0 Å². The molecular weight excluding hydrogens is 277 g/mol. The van der Waals surface area contributed by atoms with Gasteiger partial charge in [0.2, 0.25) is 0 Å². The Morgan fingerprint density at radius 3 is 2.71 bits per heavy atom. The molecule has 0 aromatic heterocycles. The van der Waals surface area contributed by atoms with Gasteiger partial charge in [-0.25, -0.2) is 9.53 Å². The number of halogens is 2. The van der Waals surface area contributed by atoms with Gasteiger partial charge in [-0.2, -0.15) is 8.42 Å². The highest BCUT2D eigenvalue weighted by Gasteiger charge is 2.09. The highest BCUT2D eigenvalue weighted by molar-refractivity contribution is 9.10. The molecule has 0 saturated heterocycles. The van der Waals surface area contributed by atoms with Gasteiger partial charge in [0, 0.05) is 5.56 Å². The quantitative estimate of drug-likeness (QED) is 0.909. The largest absolute Gasteiger partial charge is 0.333 e. The molecule has 1 rings (SSSR count). The zero-order valence-electron chi connectivity index (χ0n) is 6.91. The average molecular weight is 284 g/mol.